The summed E-state index contributed by atoms with van der Waals surface area (Å²) in [4.78, 5) is 10.8. The first-order valence-electron chi connectivity index (χ1n) is 3.80. The molecule has 0 aromatic rings. The summed E-state index contributed by atoms with van der Waals surface area (Å²) in [5, 5.41) is 0. The van der Waals surface area contributed by atoms with Crippen LogP contribution in [0.4, 0.5) is 0 Å². The standard InChI is InChI=1S/C7H14N2O.ClH/c1-2-3-5-4-6(5)7(10)9-8;/h5-6H,2-4,8H2,1H3,(H,9,10);1H. The van der Waals surface area contributed by atoms with Gasteiger partial charge in [0.2, 0.25) is 5.91 Å². The molecule has 0 radical (unpaired) electrons. The summed E-state index contributed by atoms with van der Waals surface area (Å²) in [5.41, 5.74) is 2.18. The molecule has 1 amide bonds. The number of halogens is 1. The van der Waals surface area contributed by atoms with E-state index in [2.05, 4.69) is 12.3 Å². The number of hydrazine groups is 1. The monoisotopic (exact) mass is 178 g/mol. The van der Waals surface area contributed by atoms with Crippen molar-refractivity contribution in [3.05, 3.63) is 0 Å². The van der Waals surface area contributed by atoms with E-state index < -0.39 is 0 Å². The van der Waals surface area contributed by atoms with Crippen molar-refractivity contribution in [1.29, 1.82) is 0 Å². The van der Waals surface area contributed by atoms with Gasteiger partial charge < -0.3 is 0 Å². The average molecular weight is 179 g/mol. The molecule has 2 atom stereocenters. The lowest BCUT2D eigenvalue weighted by Gasteiger charge is -1.95. The maximum absolute atomic E-state index is 10.8. The van der Waals surface area contributed by atoms with Gasteiger partial charge in [-0.3, -0.25) is 10.2 Å². The molecule has 0 aromatic heterocycles. The Bertz CT molecular complexity index is 140. The van der Waals surface area contributed by atoms with Crippen LogP contribution in [0, 0.1) is 11.8 Å². The van der Waals surface area contributed by atoms with Crippen molar-refractivity contribution >= 4 is 18.3 Å². The lowest BCUT2D eigenvalue weighted by molar-refractivity contribution is -0.122. The zero-order chi connectivity index (χ0) is 7.56. The Balaban J connectivity index is 0.000001000. The second kappa shape index (κ2) is 4.57. The minimum Gasteiger partial charge on any atom is -0.294 e. The number of rotatable bonds is 3. The van der Waals surface area contributed by atoms with E-state index in [1.807, 2.05) is 0 Å². The smallest absolute Gasteiger partial charge is 0.237 e. The van der Waals surface area contributed by atoms with Gasteiger partial charge in [0.15, 0.2) is 0 Å². The van der Waals surface area contributed by atoms with Gasteiger partial charge in [-0.2, -0.15) is 0 Å². The molecular weight excluding hydrogens is 164 g/mol. The van der Waals surface area contributed by atoms with E-state index in [-0.39, 0.29) is 24.2 Å². The van der Waals surface area contributed by atoms with Crippen LogP contribution in [0.5, 0.6) is 0 Å². The molecule has 0 spiro atoms. The van der Waals surface area contributed by atoms with E-state index in [1.54, 1.807) is 0 Å². The largest absolute Gasteiger partial charge is 0.294 e. The van der Waals surface area contributed by atoms with Crippen molar-refractivity contribution < 1.29 is 4.79 Å². The van der Waals surface area contributed by atoms with Crippen molar-refractivity contribution in [2.45, 2.75) is 26.2 Å². The van der Waals surface area contributed by atoms with Gasteiger partial charge in [-0.15, -0.1) is 12.4 Å². The first-order chi connectivity index (χ1) is 4.79. The molecule has 0 bridgehead atoms. The number of nitrogens with one attached hydrogen (secondary N) is 1. The predicted molar refractivity (Wildman–Crippen MR) is 46.1 cm³/mol. The maximum atomic E-state index is 10.8. The minimum atomic E-state index is 0. The Hall–Kier alpha value is -0.280. The van der Waals surface area contributed by atoms with Crippen LogP contribution in [0.3, 0.4) is 0 Å². The highest BCUT2D eigenvalue weighted by Gasteiger charge is 2.41. The molecule has 4 heteroatoms. The second-order valence-corrected chi connectivity index (χ2v) is 2.90. The molecule has 3 nitrogen and oxygen atoms in total. The molecule has 1 rings (SSSR count). The number of hydrogen-bond acceptors (Lipinski definition) is 2. The van der Waals surface area contributed by atoms with Gasteiger partial charge in [-0.1, -0.05) is 13.3 Å². The van der Waals surface area contributed by atoms with E-state index >= 15 is 0 Å². The molecule has 3 N–H and O–H groups in total. The normalized spacial score (nSPS) is 27.1. The van der Waals surface area contributed by atoms with Crippen molar-refractivity contribution in [2.24, 2.45) is 17.7 Å². The molecule has 0 heterocycles. The fourth-order valence-corrected chi connectivity index (χ4v) is 1.37. The molecule has 1 aliphatic carbocycles. The van der Waals surface area contributed by atoms with Crippen molar-refractivity contribution in [3.8, 4) is 0 Å². The van der Waals surface area contributed by atoms with E-state index in [4.69, 9.17) is 5.84 Å². The summed E-state index contributed by atoms with van der Waals surface area (Å²) in [5.74, 6) is 5.83. The fourth-order valence-electron chi connectivity index (χ4n) is 1.37. The molecule has 2 unspecified atom stereocenters. The Kier molecular flexibility index (Phi) is 4.45. The van der Waals surface area contributed by atoms with E-state index in [9.17, 15) is 4.79 Å². The van der Waals surface area contributed by atoms with Crippen LogP contribution < -0.4 is 11.3 Å². The van der Waals surface area contributed by atoms with Gasteiger partial charge in [0, 0.05) is 5.92 Å². The van der Waals surface area contributed by atoms with Crippen LogP contribution in [0.1, 0.15) is 26.2 Å². The van der Waals surface area contributed by atoms with E-state index in [0.717, 1.165) is 12.8 Å². The third-order valence-corrected chi connectivity index (χ3v) is 2.06. The lowest BCUT2D eigenvalue weighted by atomic mass is 10.2. The van der Waals surface area contributed by atoms with Crippen LogP contribution in [0.2, 0.25) is 0 Å². The third-order valence-electron chi connectivity index (χ3n) is 2.06. The zero-order valence-electron chi connectivity index (χ0n) is 6.67. The first-order valence-corrected chi connectivity index (χ1v) is 3.80. The number of hydrogen-bond donors (Lipinski definition) is 2. The zero-order valence-corrected chi connectivity index (χ0v) is 7.49. The van der Waals surface area contributed by atoms with Crippen LogP contribution in [-0.4, -0.2) is 5.91 Å². The van der Waals surface area contributed by atoms with Crippen LogP contribution in [0.25, 0.3) is 0 Å². The van der Waals surface area contributed by atoms with Crippen LogP contribution in [0.15, 0.2) is 0 Å². The third kappa shape index (κ3) is 2.67. The lowest BCUT2D eigenvalue weighted by Crippen LogP contribution is -2.31. The van der Waals surface area contributed by atoms with E-state index in [0.29, 0.717) is 5.92 Å². The Labute approximate surface area is 73.1 Å². The first kappa shape index (κ1) is 10.7. The van der Waals surface area contributed by atoms with Gasteiger partial charge in [0.25, 0.3) is 0 Å². The minimum absolute atomic E-state index is 0. The Morgan fingerprint density at radius 3 is 2.82 bits per heavy atom. The summed E-state index contributed by atoms with van der Waals surface area (Å²) in [6, 6.07) is 0. The Morgan fingerprint density at radius 2 is 2.36 bits per heavy atom. The van der Waals surface area contributed by atoms with Gasteiger partial charge >= 0.3 is 0 Å². The summed E-state index contributed by atoms with van der Waals surface area (Å²) in [6.07, 6.45) is 3.37. The van der Waals surface area contributed by atoms with Crippen LogP contribution in [-0.2, 0) is 4.79 Å². The van der Waals surface area contributed by atoms with Gasteiger partial charge in [0.1, 0.15) is 0 Å². The maximum Gasteiger partial charge on any atom is 0.237 e. The quantitative estimate of drug-likeness (QED) is 0.382. The number of amides is 1. The molecule has 1 saturated carbocycles. The van der Waals surface area contributed by atoms with Gasteiger partial charge in [-0.25, -0.2) is 5.84 Å². The highest BCUT2D eigenvalue weighted by Crippen LogP contribution is 2.41. The molecular formula is C7H15ClN2O. The van der Waals surface area contributed by atoms with Gasteiger partial charge in [0.05, 0.1) is 0 Å². The topological polar surface area (TPSA) is 55.1 Å². The highest BCUT2D eigenvalue weighted by atomic mass is 35.5. The van der Waals surface area contributed by atoms with E-state index in [1.165, 1.54) is 6.42 Å². The molecule has 0 saturated heterocycles. The molecule has 0 aliphatic heterocycles. The molecule has 1 aliphatic rings. The molecule has 0 aromatic carbocycles. The fraction of sp³-hybridized carbons (Fsp3) is 0.857. The number of nitrogens with two attached hydrogens (primary N) is 1. The SMILES string of the molecule is CCCC1CC1C(=O)NN.Cl. The number of carbonyl (C=O) groups excluding carboxylic acids is 1. The van der Waals surface area contributed by atoms with Crippen molar-refractivity contribution in [1.82, 2.24) is 5.43 Å². The second-order valence-electron chi connectivity index (χ2n) is 2.90. The number of carbonyl (C=O) groups is 1. The average Bonchev–Trinajstić information content (AvgIpc) is 2.67. The predicted octanol–water partition coefficient (Wildman–Crippen LogP) is 0.834. The Morgan fingerprint density at radius 1 is 1.73 bits per heavy atom. The van der Waals surface area contributed by atoms with Crippen molar-refractivity contribution in [2.75, 3.05) is 0 Å². The molecule has 1 fully saturated rings. The summed E-state index contributed by atoms with van der Waals surface area (Å²) in [7, 11) is 0. The highest BCUT2D eigenvalue weighted by molar-refractivity contribution is 5.85. The van der Waals surface area contributed by atoms with Crippen LogP contribution >= 0.6 is 12.4 Å². The molecule has 66 valence electrons. The van der Waals surface area contributed by atoms with Crippen molar-refractivity contribution in [3.63, 3.8) is 0 Å². The summed E-state index contributed by atoms with van der Waals surface area (Å²) in [6.45, 7) is 2.13. The summed E-state index contributed by atoms with van der Waals surface area (Å²) < 4.78 is 0. The summed E-state index contributed by atoms with van der Waals surface area (Å²) >= 11 is 0. The van der Waals surface area contributed by atoms with Gasteiger partial charge in [-0.05, 0) is 18.8 Å². The molecule has 11 heavy (non-hydrogen) atoms.